The van der Waals surface area contributed by atoms with Gasteiger partial charge in [-0.15, -0.1) is 0 Å². The van der Waals surface area contributed by atoms with Gasteiger partial charge < -0.3 is 0 Å². The molecule has 4 nitrogen and oxygen atoms in total. The first-order chi connectivity index (χ1) is 18.7. The summed E-state index contributed by atoms with van der Waals surface area (Å²) in [6.07, 6.45) is 2.72. The molecule has 2 aliphatic rings. The molecule has 0 fully saturated rings. The van der Waals surface area contributed by atoms with E-state index in [4.69, 9.17) is 16.7 Å². The van der Waals surface area contributed by atoms with Crippen LogP contribution in [0.25, 0.3) is 16.8 Å². The zero-order valence-electron chi connectivity index (χ0n) is 22.1. The molecule has 6 rings (SSSR count). The van der Waals surface area contributed by atoms with Crippen LogP contribution in [0.15, 0.2) is 106 Å². The molecule has 0 spiro atoms. The van der Waals surface area contributed by atoms with Crippen molar-refractivity contribution in [2.24, 2.45) is 10.1 Å². The molecule has 194 valence electrons. The first-order valence-electron chi connectivity index (χ1n) is 13.0. The van der Waals surface area contributed by atoms with Crippen LogP contribution in [0.4, 0.5) is 4.79 Å². The summed E-state index contributed by atoms with van der Waals surface area (Å²) in [5, 5.41) is 9.81. The minimum atomic E-state index is -0.230. The molecule has 1 amide bonds. The molecule has 1 atom stereocenters. The van der Waals surface area contributed by atoms with Crippen molar-refractivity contribution in [3.05, 3.63) is 123 Å². The Hall–Kier alpha value is -3.67. The first kappa shape index (κ1) is 25.6. The highest BCUT2D eigenvalue weighted by Gasteiger charge is 2.37. The van der Waals surface area contributed by atoms with E-state index in [2.05, 4.69) is 80.4 Å². The molecule has 1 unspecified atom stereocenters. The zero-order chi connectivity index (χ0) is 27.1. The fraction of sp³-hybridized carbons (Fsp3) is 0.182. The number of rotatable bonds is 3. The fourth-order valence-corrected chi connectivity index (χ4v) is 5.86. The van der Waals surface area contributed by atoms with Crippen LogP contribution in [0, 0.1) is 0 Å². The number of carbonyl (C=O) groups is 1. The smallest absolute Gasteiger partial charge is 0.259 e. The summed E-state index contributed by atoms with van der Waals surface area (Å²) in [5.74, 6) is 0.584. The quantitative estimate of drug-likeness (QED) is 0.256. The molecular formula is C33H28ClN3OS. The van der Waals surface area contributed by atoms with Gasteiger partial charge in [-0.1, -0.05) is 105 Å². The Bertz CT molecular complexity index is 1660. The number of hydrogen-bond acceptors (Lipinski definition) is 4. The highest BCUT2D eigenvalue weighted by atomic mass is 35.5. The third kappa shape index (κ3) is 5.29. The van der Waals surface area contributed by atoms with Crippen LogP contribution in [0.3, 0.4) is 0 Å². The largest absolute Gasteiger partial charge is 0.311 e. The van der Waals surface area contributed by atoms with Gasteiger partial charge >= 0.3 is 5.24 Å². The number of halogens is 1. The maximum absolute atomic E-state index is 12.6. The van der Waals surface area contributed by atoms with Crippen molar-refractivity contribution in [3.8, 4) is 0 Å². The van der Waals surface area contributed by atoms with Gasteiger partial charge in [-0.2, -0.15) is 10.1 Å². The number of carbonyl (C=O) groups excluding carboxylic acids is 1. The Morgan fingerprint density at radius 1 is 0.923 bits per heavy atom. The van der Waals surface area contributed by atoms with Crippen molar-refractivity contribution in [2.45, 2.75) is 38.6 Å². The molecule has 4 aromatic rings. The average molecular weight is 550 g/mol. The monoisotopic (exact) mass is 549 g/mol. The summed E-state index contributed by atoms with van der Waals surface area (Å²) >= 11 is 7.36. The number of fused-ring (bicyclic) bond motifs is 1. The molecule has 0 aliphatic carbocycles. The molecule has 39 heavy (non-hydrogen) atoms. The van der Waals surface area contributed by atoms with E-state index in [1.54, 1.807) is 0 Å². The van der Waals surface area contributed by atoms with Crippen LogP contribution in [-0.4, -0.2) is 21.8 Å². The molecule has 0 bridgehead atoms. The fourth-order valence-electron chi connectivity index (χ4n) is 4.99. The lowest BCUT2D eigenvalue weighted by molar-refractivity contribution is 0.267. The minimum Gasteiger partial charge on any atom is -0.259 e. The number of amides is 1. The van der Waals surface area contributed by atoms with E-state index in [9.17, 15) is 4.79 Å². The molecule has 4 aromatic carbocycles. The van der Waals surface area contributed by atoms with Gasteiger partial charge in [0.1, 0.15) is 0 Å². The summed E-state index contributed by atoms with van der Waals surface area (Å²) in [6, 6.07) is 31.0. The number of nitrogens with zero attached hydrogens (tertiary/aromatic N) is 3. The van der Waals surface area contributed by atoms with E-state index in [1.165, 1.54) is 16.3 Å². The van der Waals surface area contributed by atoms with Crippen molar-refractivity contribution < 1.29 is 4.79 Å². The third-order valence-electron chi connectivity index (χ3n) is 7.15. The second kappa shape index (κ2) is 10.1. The number of amidine groups is 1. The van der Waals surface area contributed by atoms with Crippen molar-refractivity contribution in [1.29, 1.82) is 0 Å². The average Bonchev–Trinajstić information content (AvgIpc) is 3.52. The first-order valence-corrected chi connectivity index (χ1v) is 14.2. The molecule has 0 saturated heterocycles. The summed E-state index contributed by atoms with van der Waals surface area (Å²) in [6.45, 7) is 6.60. The van der Waals surface area contributed by atoms with E-state index >= 15 is 0 Å². The van der Waals surface area contributed by atoms with Crippen LogP contribution < -0.4 is 0 Å². The van der Waals surface area contributed by atoms with Gasteiger partial charge in [0.2, 0.25) is 0 Å². The number of benzene rings is 4. The predicted molar refractivity (Wildman–Crippen MR) is 165 cm³/mol. The van der Waals surface area contributed by atoms with Crippen LogP contribution in [0.5, 0.6) is 0 Å². The van der Waals surface area contributed by atoms with Gasteiger partial charge in [-0.3, -0.25) is 4.79 Å². The SMILES string of the molecule is CC(C)(C)c1ccc(/C=C2\SC(=O)N=C2N2N=C(c3ccc4ccccc4c3)CC2c2ccc(Cl)cc2)cc1. The molecular weight excluding hydrogens is 522 g/mol. The molecule has 2 aliphatic heterocycles. The maximum Gasteiger partial charge on any atom is 0.311 e. The standard InChI is InChI=1S/C33H28ClN3OS/c1-33(2,3)26-14-8-21(9-15-26)18-30-31(35-32(38)39-30)37-29(23-12-16-27(34)17-13-23)20-28(36-37)25-11-10-22-6-4-5-7-24(22)19-25/h4-19,29H,20H2,1-3H3/b30-18-. The minimum absolute atomic E-state index is 0.0750. The van der Waals surface area contributed by atoms with Gasteiger partial charge in [0.15, 0.2) is 5.84 Å². The van der Waals surface area contributed by atoms with E-state index in [0.717, 1.165) is 39.1 Å². The third-order valence-corrected chi connectivity index (χ3v) is 8.19. The summed E-state index contributed by atoms with van der Waals surface area (Å²) in [4.78, 5) is 17.9. The van der Waals surface area contributed by atoms with Crippen LogP contribution in [0.1, 0.15) is 55.5 Å². The highest BCUT2D eigenvalue weighted by Crippen LogP contribution is 2.40. The summed E-state index contributed by atoms with van der Waals surface area (Å²) in [7, 11) is 0. The molecule has 0 saturated carbocycles. The van der Waals surface area contributed by atoms with Crippen LogP contribution >= 0.6 is 23.4 Å². The highest BCUT2D eigenvalue weighted by molar-refractivity contribution is 8.18. The topological polar surface area (TPSA) is 45.0 Å². The van der Waals surface area contributed by atoms with Crippen molar-refractivity contribution >= 4 is 57.0 Å². The normalized spacial score (nSPS) is 18.7. The summed E-state index contributed by atoms with van der Waals surface area (Å²) < 4.78 is 0. The molecule has 6 heteroatoms. The van der Waals surface area contributed by atoms with E-state index in [0.29, 0.717) is 17.3 Å². The molecule has 2 heterocycles. The second-order valence-corrected chi connectivity index (χ2v) is 12.3. The lowest BCUT2D eigenvalue weighted by atomic mass is 9.87. The Morgan fingerprint density at radius 3 is 2.36 bits per heavy atom. The summed E-state index contributed by atoms with van der Waals surface area (Å²) in [5.41, 5.74) is 5.46. The van der Waals surface area contributed by atoms with Gasteiger partial charge in [-0.05, 0) is 74.5 Å². The zero-order valence-corrected chi connectivity index (χ0v) is 23.6. The molecule has 0 N–H and O–H groups in total. The van der Waals surface area contributed by atoms with Gasteiger partial charge in [0.05, 0.1) is 16.7 Å². The number of aliphatic imine (C=N–C) groups is 1. The van der Waals surface area contributed by atoms with E-state index in [-0.39, 0.29) is 16.7 Å². The Balaban J connectivity index is 1.40. The van der Waals surface area contributed by atoms with Gasteiger partial charge in [0.25, 0.3) is 0 Å². The van der Waals surface area contributed by atoms with E-state index < -0.39 is 0 Å². The number of hydrogen-bond donors (Lipinski definition) is 0. The van der Waals surface area contributed by atoms with Crippen molar-refractivity contribution in [3.63, 3.8) is 0 Å². The second-order valence-electron chi connectivity index (χ2n) is 10.9. The van der Waals surface area contributed by atoms with Crippen LogP contribution in [-0.2, 0) is 5.41 Å². The van der Waals surface area contributed by atoms with Crippen LogP contribution in [0.2, 0.25) is 5.02 Å². The molecule has 0 aromatic heterocycles. The molecule has 0 radical (unpaired) electrons. The maximum atomic E-state index is 12.6. The van der Waals surface area contributed by atoms with Crippen molar-refractivity contribution in [2.75, 3.05) is 0 Å². The van der Waals surface area contributed by atoms with Gasteiger partial charge in [-0.25, -0.2) is 5.01 Å². The van der Waals surface area contributed by atoms with Gasteiger partial charge in [0, 0.05) is 11.4 Å². The predicted octanol–water partition coefficient (Wildman–Crippen LogP) is 9.25. The Kier molecular flexibility index (Phi) is 6.66. The van der Waals surface area contributed by atoms with E-state index in [1.807, 2.05) is 47.5 Å². The lowest BCUT2D eigenvalue weighted by Gasteiger charge is -2.24. The number of hydrazone groups is 1. The van der Waals surface area contributed by atoms with Crippen molar-refractivity contribution in [1.82, 2.24) is 5.01 Å². The Morgan fingerprint density at radius 2 is 1.64 bits per heavy atom. The lowest BCUT2D eigenvalue weighted by Crippen LogP contribution is -2.26. The number of thioether (sulfide) groups is 1. The Labute approximate surface area is 238 Å².